The van der Waals surface area contributed by atoms with Crippen molar-refractivity contribution in [2.75, 3.05) is 0 Å². The summed E-state index contributed by atoms with van der Waals surface area (Å²) in [6.45, 7) is 3.66. The number of hydrogen-bond donors (Lipinski definition) is 1. The molecular formula is C16H17NO4. The molecule has 2 aromatic rings. The maximum atomic E-state index is 11.0. The minimum Gasteiger partial charge on any atom is -0.450 e. The van der Waals surface area contributed by atoms with Crippen LogP contribution in [0.15, 0.2) is 42.5 Å². The zero-order chi connectivity index (χ0) is 15.4. The van der Waals surface area contributed by atoms with Crippen LogP contribution in [-0.2, 0) is 0 Å². The third kappa shape index (κ3) is 3.38. The van der Waals surface area contributed by atoms with Gasteiger partial charge in [-0.3, -0.25) is 10.1 Å². The molecule has 2 rings (SSSR count). The fourth-order valence-electron chi connectivity index (χ4n) is 2.03. The lowest BCUT2D eigenvalue weighted by atomic mass is 10.1. The fraction of sp³-hybridized carbons (Fsp3) is 0.250. The van der Waals surface area contributed by atoms with Crippen LogP contribution < -0.4 is 4.74 Å². The van der Waals surface area contributed by atoms with Gasteiger partial charge in [0.05, 0.1) is 11.0 Å². The molecule has 0 heterocycles. The Morgan fingerprint density at radius 3 is 2.48 bits per heavy atom. The third-order valence-corrected chi connectivity index (χ3v) is 3.26. The van der Waals surface area contributed by atoms with Gasteiger partial charge in [-0.2, -0.15) is 0 Å². The molecule has 0 spiro atoms. The highest BCUT2D eigenvalue weighted by molar-refractivity contribution is 5.53. The molecule has 1 N–H and O–H groups in total. The molecule has 2 aromatic carbocycles. The van der Waals surface area contributed by atoms with Crippen molar-refractivity contribution in [1.82, 2.24) is 0 Å². The van der Waals surface area contributed by atoms with Crippen molar-refractivity contribution < 1.29 is 14.8 Å². The Bertz CT molecular complexity index is 637. The molecule has 0 amide bonds. The predicted molar refractivity (Wildman–Crippen MR) is 79.6 cm³/mol. The van der Waals surface area contributed by atoms with E-state index in [1.165, 1.54) is 6.07 Å². The molecule has 1 atom stereocenters. The van der Waals surface area contributed by atoms with Crippen molar-refractivity contribution in [2.45, 2.75) is 26.4 Å². The van der Waals surface area contributed by atoms with E-state index in [0.717, 1.165) is 5.56 Å². The zero-order valence-corrected chi connectivity index (χ0v) is 11.9. The van der Waals surface area contributed by atoms with Gasteiger partial charge in [-0.05, 0) is 36.6 Å². The summed E-state index contributed by atoms with van der Waals surface area (Å²) in [5.74, 6) is 0.741. The summed E-state index contributed by atoms with van der Waals surface area (Å²) in [5.41, 5.74) is 1.43. The summed E-state index contributed by atoms with van der Waals surface area (Å²) in [4.78, 5) is 10.6. The number of nitro benzene ring substituents is 1. The first-order valence-corrected chi connectivity index (χ1v) is 6.72. The van der Waals surface area contributed by atoms with Gasteiger partial charge in [0.15, 0.2) is 0 Å². The van der Waals surface area contributed by atoms with Crippen molar-refractivity contribution in [2.24, 2.45) is 0 Å². The van der Waals surface area contributed by atoms with Crippen molar-refractivity contribution in [3.63, 3.8) is 0 Å². The molecule has 0 aromatic heterocycles. The number of aliphatic hydroxyl groups excluding tert-OH is 1. The largest absolute Gasteiger partial charge is 0.450 e. The maximum absolute atomic E-state index is 11.0. The standard InChI is InChI=1S/C16H17NO4/c1-3-15(18)12-7-9-13(10-8-12)21-16-11(2)5-4-6-14(16)17(19)20/h4-10,15,18H,3H2,1-2H3/t15-/m1/s1. The van der Waals surface area contributed by atoms with E-state index >= 15 is 0 Å². The average molecular weight is 287 g/mol. The smallest absolute Gasteiger partial charge is 0.311 e. The Balaban J connectivity index is 2.28. The fourth-order valence-corrected chi connectivity index (χ4v) is 2.03. The molecule has 0 aliphatic carbocycles. The lowest BCUT2D eigenvalue weighted by Crippen LogP contribution is -1.97. The number of nitro groups is 1. The SMILES string of the molecule is CC[C@@H](O)c1ccc(Oc2c(C)cccc2[N+](=O)[O-])cc1. The van der Waals surface area contributed by atoms with Gasteiger partial charge >= 0.3 is 5.69 Å². The number of aryl methyl sites for hydroxylation is 1. The van der Waals surface area contributed by atoms with Crippen LogP contribution in [0.2, 0.25) is 0 Å². The molecule has 0 aliphatic rings. The van der Waals surface area contributed by atoms with E-state index in [1.807, 2.05) is 6.92 Å². The molecule has 5 nitrogen and oxygen atoms in total. The van der Waals surface area contributed by atoms with E-state index in [0.29, 0.717) is 17.7 Å². The van der Waals surface area contributed by atoms with E-state index in [4.69, 9.17) is 4.74 Å². The van der Waals surface area contributed by atoms with Crippen molar-refractivity contribution in [3.8, 4) is 11.5 Å². The second-order valence-corrected chi connectivity index (χ2v) is 4.78. The molecule has 0 radical (unpaired) electrons. The second kappa shape index (κ2) is 6.37. The van der Waals surface area contributed by atoms with E-state index < -0.39 is 11.0 Å². The van der Waals surface area contributed by atoms with Crippen molar-refractivity contribution in [3.05, 3.63) is 63.7 Å². The van der Waals surface area contributed by atoms with Gasteiger partial charge in [-0.1, -0.05) is 31.2 Å². The summed E-state index contributed by atoms with van der Waals surface area (Å²) in [6.07, 6.45) is 0.121. The number of para-hydroxylation sites is 1. The Morgan fingerprint density at radius 1 is 1.24 bits per heavy atom. The number of benzene rings is 2. The Labute approximate surface area is 123 Å². The molecule has 0 saturated heterocycles. The van der Waals surface area contributed by atoms with E-state index in [1.54, 1.807) is 43.3 Å². The van der Waals surface area contributed by atoms with Gasteiger partial charge in [-0.25, -0.2) is 0 Å². The Morgan fingerprint density at radius 2 is 1.90 bits per heavy atom. The highest BCUT2D eigenvalue weighted by atomic mass is 16.6. The van der Waals surface area contributed by atoms with Gasteiger partial charge in [0.25, 0.3) is 0 Å². The van der Waals surface area contributed by atoms with Crippen LogP contribution in [0.25, 0.3) is 0 Å². The molecule has 0 unspecified atom stereocenters. The van der Waals surface area contributed by atoms with Gasteiger partial charge in [0.1, 0.15) is 5.75 Å². The van der Waals surface area contributed by atoms with Crippen LogP contribution in [0.4, 0.5) is 5.69 Å². The van der Waals surface area contributed by atoms with Gasteiger partial charge in [0.2, 0.25) is 5.75 Å². The van der Waals surface area contributed by atoms with E-state index in [2.05, 4.69) is 0 Å². The maximum Gasteiger partial charge on any atom is 0.311 e. The molecule has 0 bridgehead atoms. The minimum absolute atomic E-state index is 0.0623. The monoisotopic (exact) mass is 287 g/mol. The first-order chi connectivity index (χ1) is 10.0. The Kier molecular flexibility index (Phi) is 4.55. The normalized spacial score (nSPS) is 12.0. The van der Waals surface area contributed by atoms with E-state index in [-0.39, 0.29) is 11.4 Å². The van der Waals surface area contributed by atoms with Gasteiger partial charge in [0, 0.05) is 6.07 Å². The molecule has 5 heteroatoms. The second-order valence-electron chi connectivity index (χ2n) is 4.78. The lowest BCUT2D eigenvalue weighted by molar-refractivity contribution is -0.385. The lowest BCUT2D eigenvalue weighted by Gasteiger charge is -2.11. The molecule has 0 fully saturated rings. The summed E-state index contributed by atoms with van der Waals surface area (Å²) < 4.78 is 5.65. The van der Waals surface area contributed by atoms with Crippen LogP contribution in [-0.4, -0.2) is 10.0 Å². The van der Waals surface area contributed by atoms with Crippen LogP contribution in [0.5, 0.6) is 11.5 Å². The summed E-state index contributed by atoms with van der Waals surface area (Å²) in [6, 6.07) is 11.7. The van der Waals surface area contributed by atoms with Crippen LogP contribution >= 0.6 is 0 Å². The summed E-state index contributed by atoms with van der Waals surface area (Å²) in [5, 5.41) is 20.8. The number of aliphatic hydroxyl groups is 1. The molecule has 110 valence electrons. The first kappa shape index (κ1) is 15.0. The third-order valence-electron chi connectivity index (χ3n) is 3.26. The summed E-state index contributed by atoms with van der Waals surface area (Å²) >= 11 is 0. The molecular weight excluding hydrogens is 270 g/mol. The average Bonchev–Trinajstić information content (AvgIpc) is 2.49. The quantitative estimate of drug-likeness (QED) is 0.662. The summed E-state index contributed by atoms with van der Waals surface area (Å²) in [7, 11) is 0. The van der Waals surface area contributed by atoms with Crippen LogP contribution in [0.1, 0.15) is 30.6 Å². The number of rotatable bonds is 5. The van der Waals surface area contributed by atoms with Gasteiger partial charge in [-0.15, -0.1) is 0 Å². The highest BCUT2D eigenvalue weighted by Crippen LogP contribution is 2.34. The number of nitrogens with zero attached hydrogens (tertiary/aromatic N) is 1. The minimum atomic E-state index is -0.508. The number of hydrogen-bond acceptors (Lipinski definition) is 4. The van der Waals surface area contributed by atoms with Crippen LogP contribution in [0, 0.1) is 17.0 Å². The first-order valence-electron chi connectivity index (χ1n) is 6.72. The molecule has 0 saturated carbocycles. The van der Waals surface area contributed by atoms with Crippen molar-refractivity contribution >= 4 is 5.69 Å². The molecule has 21 heavy (non-hydrogen) atoms. The van der Waals surface area contributed by atoms with Crippen molar-refractivity contribution in [1.29, 1.82) is 0 Å². The predicted octanol–water partition coefficient (Wildman–Crippen LogP) is 4.14. The van der Waals surface area contributed by atoms with Gasteiger partial charge < -0.3 is 9.84 Å². The van der Waals surface area contributed by atoms with Crippen LogP contribution in [0.3, 0.4) is 0 Å². The number of ether oxygens (including phenoxy) is 1. The zero-order valence-electron chi connectivity index (χ0n) is 11.9. The topological polar surface area (TPSA) is 72.6 Å². The Hall–Kier alpha value is -2.40. The highest BCUT2D eigenvalue weighted by Gasteiger charge is 2.17. The van der Waals surface area contributed by atoms with E-state index in [9.17, 15) is 15.2 Å². The molecule has 0 aliphatic heterocycles.